The Morgan fingerprint density at radius 2 is 2.08 bits per heavy atom. The van der Waals surface area contributed by atoms with Gasteiger partial charge in [0.05, 0.1) is 18.5 Å². The molecule has 1 aliphatic rings. The Kier molecular flexibility index (Phi) is 4.86. The number of benzene rings is 2. The summed E-state index contributed by atoms with van der Waals surface area (Å²) in [6.07, 6.45) is 0.0973. The van der Waals surface area contributed by atoms with Gasteiger partial charge in [-0.05, 0) is 42.3 Å². The van der Waals surface area contributed by atoms with Crippen LogP contribution in [0.15, 0.2) is 42.5 Å². The molecule has 26 heavy (non-hydrogen) atoms. The van der Waals surface area contributed by atoms with Crippen LogP contribution in [0.2, 0.25) is 0 Å². The second-order valence-electron chi connectivity index (χ2n) is 6.22. The molecule has 2 aromatic carbocycles. The van der Waals surface area contributed by atoms with Gasteiger partial charge in [-0.2, -0.15) is 0 Å². The number of ether oxygens (including phenoxy) is 1. The summed E-state index contributed by atoms with van der Waals surface area (Å²) in [5.74, 6) is -0.523. The molecule has 8 heteroatoms. The van der Waals surface area contributed by atoms with Gasteiger partial charge in [-0.25, -0.2) is 12.8 Å². The molecule has 0 fully saturated rings. The SMILES string of the molecule is Cc1ccc2c(c1)N(S(C)(=O)=O)CC(C(=O)NCc1cccc(F)c1)O2. The smallest absolute Gasteiger partial charge is 0.263 e. The highest BCUT2D eigenvalue weighted by molar-refractivity contribution is 7.92. The Morgan fingerprint density at radius 3 is 2.77 bits per heavy atom. The van der Waals surface area contributed by atoms with Gasteiger partial charge in [-0.1, -0.05) is 18.2 Å². The van der Waals surface area contributed by atoms with E-state index >= 15 is 0 Å². The number of fused-ring (bicyclic) bond motifs is 1. The van der Waals surface area contributed by atoms with Crippen LogP contribution in [0.25, 0.3) is 0 Å². The van der Waals surface area contributed by atoms with E-state index < -0.39 is 27.9 Å². The molecular weight excluding hydrogens is 359 g/mol. The molecule has 2 aromatic rings. The van der Waals surface area contributed by atoms with Crippen molar-refractivity contribution >= 4 is 21.6 Å². The van der Waals surface area contributed by atoms with E-state index in [9.17, 15) is 17.6 Å². The van der Waals surface area contributed by atoms with Crippen LogP contribution in [0.1, 0.15) is 11.1 Å². The Morgan fingerprint density at radius 1 is 1.31 bits per heavy atom. The Labute approximate surface area is 151 Å². The number of amides is 1. The van der Waals surface area contributed by atoms with E-state index in [1.165, 1.54) is 16.4 Å². The van der Waals surface area contributed by atoms with E-state index in [2.05, 4.69) is 5.32 Å². The largest absolute Gasteiger partial charge is 0.476 e. The van der Waals surface area contributed by atoms with Gasteiger partial charge in [0.25, 0.3) is 5.91 Å². The molecule has 0 aliphatic carbocycles. The third-order valence-electron chi connectivity index (χ3n) is 4.03. The first-order valence-electron chi connectivity index (χ1n) is 8.01. The van der Waals surface area contributed by atoms with Crippen LogP contribution in [0, 0.1) is 12.7 Å². The molecule has 1 unspecified atom stereocenters. The number of hydrogen-bond acceptors (Lipinski definition) is 4. The summed E-state index contributed by atoms with van der Waals surface area (Å²) in [6, 6.07) is 11.0. The highest BCUT2D eigenvalue weighted by Crippen LogP contribution is 2.35. The van der Waals surface area contributed by atoms with Crippen LogP contribution in [-0.4, -0.2) is 33.2 Å². The standard InChI is InChI=1S/C18H19FN2O4S/c1-12-6-7-16-15(8-12)21(26(2,23)24)11-17(25-16)18(22)20-10-13-4-3-5-14(19)9-13/h3-9,17H,10-11H2,1-2H3,(H,20,22). The first kappa shape index (κ1) is 18.2. The average molecular weight is 378 g/mol. The molecule has 0 radical (unpaired) electrons. The van der Waals surface area contributed by atoms with Crippen molar-refractivity contribution in [3.63, 3.8) is 0 Å². The van der Waals surface area contributed by atoms with E-state index in [-0.39, 0.29) is 13.1 Å². The molecule has 0 spiro atoms. The van der Waals surface area contributed by atoms with Gasteiger partial charge in [-0.15, -0.1) is 0 Å². The lowest BCUT2D eigenvalue weighted by Gasteiger charge is -2.34. The van der Waals surface area contributed by atoms with E-state index in [0.29, 0.717) is 17.0 Å². The second kappa shape index (κ2) is 6.95. The molecule has 6 nitrogen and oxygen atoms in total. The summed E-state index contributed by atoms with van der Waals surface area (Å²) in [5, 5.41) is 2.66. The number of anilines is 1. The minimum Gasteiger partial charge on any atom is -0.476 e. The molecule has 1 amide bonds. The van der Waals surface area contributed by atoms with Crippen molar-refractivity contribution in [3.05, 3.63) is 59.4 Å². The highest BCUT2D eigenvalue weighted by atomic mass is 32.2. The summed E-state index contributed by atoms with van der Waals surface area (Å²) >= 11 is 0. The number of sulfonamides is 1. The number of aryl methyl sites for hydroxylation is 1. The van der Waals surface area contributed by atoms with Gasteiger partial charge in [-0.3, -0.25) is 9.10 Å². The Balaban J connectivity index is 1.78. The zero-order chi connectivity index (χ0) is 18.9. The number of carbonyl (C=O) groups excluding carboxylic acids is 1. The summed E-state index contributed by atoms with van der Waals surface area (Å²) in [4.78, 5) is 12.5. The van der Waals surface area contributed by atoms with Crippen LogP contribution in [0.3, 0.4) is 0 Å². The lowest BCUT2D eigenvalue weighted by atomic mass is 10.1. The summed E-state index contributed by atoms with van der Waals surface area (Å²) < 4.78 is 44.4. The molecule has 1 heterocycles. The average Bonchev–Trinajstić information content (AvgIpc) is 2.58. The topological polar surface area (TPSA) is 75.7 Å². The normalized spacial score (nSPS) is 16.6. The fraction of sp³-hybridized carbons (Fsp3) is 0.278. The van der Waals surface area contributed by atoms with Crippen LogP contribution in [0.4, 0.5) is 10.1 Å². The molecular formula is C18H19FN2O4S. The van der Waals surface area contributed by atoms with Crippen molar-refractivity contribution < 1.29 is 22.3 Å². The predicted octanol–water partition coefficient (Wildman–Crippen LogP) is 1.98. The first-order valence-corrected chi connectivity index (χ1v) is 9.86. The maximum absolute atomic E-state index is 13.2. The second-order valence-corrected chi connectivity index (χ2v) is 8.13. The number of halogens is 1. The van der Waals surface area contributed by atoms with Gasteiger partial charge in [0, 0.05) is 6.54 Å². The molecule has 1 atom stereocenters. The van der Waals surface area contributed by atoms with E-state index in [0.717, 1.165) is 11.8 Å². The van der Waals surface area contributed by atoms with Crippen molar-refractivity contribution in [1.82, 2.24) is 5.32 Å². The van der Waals surface area contributed by atoms with Crippen LogP contribution in [0.5, 0.6) is 5.75 Å². The molecule has 138 valence electrons. The first-order chi connectivity index (χ1) is 12.2. The van der Waals surface area contributed by atoms with Gasteiger partial charge < -0.3 is 10.1 Å². The highest BCUT2D eigenvalue weighted by Gasteiger charge is 2.34. The third-order valence-corrected chi connectivity index (χ3v) is 5.18. The van der Waals surface area contributed by atoms with Crippen LogP contribution >= 0.6 is 0 Å². The van der Waals surface area contributed by atoms with Crippen molar-refractivity contribution in [2.24, 2.45) is 0 Å². The maximum atomic E-state index is 13.2. The van der Waals surface area contributed by atoms with Gasteiger partial charge in [0.1, 0.15) is 11.6 Å². The summed E-state index contributed by atoms with van der Waals surface area (Å²) in [7, 11) is -3.57. The van der Waals surface area contributed by atoms with E-state index in [4.69, 9.17) is 4.74 Å². The predicted molar refractivity (Wildman–Crippen MR) is 96.0 cm³/mol. The zero-order valence-corrected chi connectivity index (χ0v) is 15.2. The van der Waals surface area contributed by atoms with Crippen molar-refractivity contribution in [3.8, 4) is 5.75 Å². The quantitative estimate of drug-likeness (QED) is 0.883. The van der Waals surface area contributed by atoms with Crippen LogP contribution < -0.4 is 14.4 Å². The minimum absolute atomic E-state index is 0.121. The monoisotopic (exact) mass is 378 g/mol. The number of hydrogen-bond donors (Lipinski definition) is 1. The van der Waals surface area contributed by atoms with Gasteiger partial charge >= 0.3 is 0 Å². The molecule has 1 N–H and O–H groups in total. The van der Waals surface area contributed by atoms with Crippen molar-refractivity contribution in [2.75, 3.05) is 17.1 Å². The van der Waals surface area contributed by atoms with Crippen molar-refractivity contribution in [1.29, 1.82) is 0 Å². The molecule has 0 bridgehead atoms. The number of nitrogens with one attached hydrogen (secondary N) is 1. The maximum Gasteiger partial charge on any atom is 0.263 e. The zero-order valence-electron chi connectivity index (χ0n) is 14.4. The molecule has 0 aromatic heterocycles. The number of rotatable bonds is 4. The minimum atomic E-state index is -3.57. The van der Waals surface area contributed by atoms with Crippen LogP contribution in [-0.2, 0) is 21.4 Å². The summed E-state index contributed by atoms with van der Waals surface area (Å²) in [6.45, 7) is 1.85. The van der Waals surface area contributed by atoms with Gasteiger partial charge in [0.15, 0.2) is 6.10 Å². The molecule has 1 aliphatic heterocycles. The van der Waals surface area contributed by atoms with Gasteiger partial charge in [0.2, 0.25) is 10.0 Å². The molecule has 0 saturated carbocycles. The Bertz CT molecular complexity index is 946. The molecule has 3 rings (SSSR count). The lowest BCUT2D eigenvalue weighted by Crippen LogP contribution is -2.50. The van der Waals surface area contributed by atoms with E-state index in [1.54, 1.807) is 30.3 Å². The summed E-state index contributed by atoms with van der Waals surface area (Å²) in [5.41, 5.74) is 1.90. The third kappa shape index (κ3) is 3.96. The fourth-order valence-electron chi connectivity index (χ4n) is 2.76. The lowest BCUT2D eigenvalue weighted by molar-refractivity contribution is -0.127. The Hall–Kier alpha value is -2.61. The van der Waals surface area contributed by atoms with E-state index in [1.807, 2.05) is 6.92 Å². The fourth-order valence-corrected chi connectivity index (χ4v) is 3.67. The molecule has 0 saturated heterocycles. The van der Waals surface area contributed by atoms with Crippen molar-refractivity contribution in [2.45, 2.75) is 19.6 Å². The number of nitrogens with zero attached hydrogens (tertiary/aromatic N) is 1. The number of carbonyl (C=O) groups is 1.